The highest BCUT2D eigenvalue weighted by Crippen LogP contribution is 2.35. The van der Waals surface area contributed by atoms with Crippen molar-refractivity contribution >= 4 is 32.5 Å². The number of alkyl halides is 3. The first-order chi connectivity index (χ1) is 15.6. The number of carbonyl (C=O) groups excluding carboxylic acids is 1. The topological polar surface area (TPSA) is 97.4 Å². The summed E-state index contributed by atoms with van der Waals surface area (Å²) >= 11 is 0. The van der Waals surface area contributed by atoms with Crippen LogP contribution in [0.4, 0.5) is 19.0 Å². The van der Waals surface area contributed by atoms with Crippen molar-refractivity contribution in [1.29, 1.82) is 0 Å². The van der Waals surface area contributed by atoms with Crippen molar-refractivity contribution in [2.45, 2.75) is 36.4 Å². The van der Waals surface area contributed by atoms with Gasteiger partial charge in [-0.25, -0.2) is 13.4 Å². The Labute approximate surface area is 188 Å². The third-order valence-corrected chi connectivity index (χ3v) is 6.95. The van der Waals surface area contributed by atoms with Gasteiger partial charge >= 0.3 is 12.1 Å². The lowest BCUT2D eigenvalue weighted by Crippen LogP contribution is -2.45. The molecular weight excluding hydrogens is 459 g/mol. The van der Waals surface area contributed by atoms with Crippen LogP contribution in [-0.4, -0.2) is 38.6 Å². The maximum absolute atomic E-state index is 13.2. The van der Waals surface area contributed by atoms with E-state index in [1.165, 1.54) is 19.2 Å². The monoisotopic (exact) mass is 479 g/mol. The van der Waals surface area contributed by atoms with Crippen LogP contribution in [-0.2, 0) is 27.7 Å². The van der Waals surface area contributed by atoms with E-state index < -0.39 is 28.1 Å². The predicted molar refractivity (Wildman–Crippen MR) is 116 cm³/mol. The third-order valence-electron chi connectivity index (χ3n) is 5.51. The Morgan fingerprint density at radius 2 is 1.85 bits per heavy atom. The maximum atomic E-state index is 13.2. The molecule has 1 heterocycles. The molecule has 0 saturated carbocycles. The first-order valence-corrected chi connectivity index (χ1v) is 11.5. The number of amides is 1. The Hall–Kier alpha value is -3.34. The molecule has 1 aromatic heterocycles. The van der Waals surface area contributed by atoms with Crippen molar-refractivity contribution in [3.05, 3.63) is 59.8 Å². The SMILES string of the molecule is COc1ccc(S(=O)(=O)Nc2cc3ccccc3cn2)c2c1C[C@@H](NC(=O)C(F)(F)F)CC2. The second-order valence-corrected chi connectivity index (χ2v) is 9.31. The van der Waals surface area contributed by atoms with Crippen LogP contribution in [0.2, 0.25) is 0 Å². The summed E-state index contributed by atoms with van der Waals surface area (Å²) in [4.78, 5) is 15.5. The second kappa shape index (κ2) is 8.54. The molecule has 1 amide bonds. The Balaban J connectivity index is 1.64. The molecular formula is C22H20F3N3O4S. The first kappa shape index (κ1) is 22.8. The molecule has 3 aromatic rings. The number of anilines is 1. The largest absolute Gasteiger partial charge is 0.496 e. The number of ether oxygens (including phenoxy) is 1. The summed E-state index contributed by atoms with van der Waals surface area (Å²) in [6, 6.07) is 11.0. The van der Waals surface area contributed by atoms with Gasteiger partial charge in [0, 0.05) is 23.2 Å². The number of nitrogens with one attached hydrogen (secondary N) is 2. The van der Waals surface area contributed by atoms with Crippen LogP contribution < -0.4 is 14.8 Å². The number of methoxy groups -OCH3 is 1. The number of aromatic nitrogens is 1. The fraction of sp³-hybridized carbons (Fsp3) is 0.273. The minimum absolute atomic E-state index is 0.00569. The lowest BCUT2D eigenvalue weighted by Gasteiger charge is -2.28. The molecule has 1 atom stereocenters. The lowest BCUT2D eigenvalue weighted by atomic mass is 9.87. The summed E-state index contributed by atoms with van der Waals surface area (Å²) in [6.07, 6.45) is -3.12. The zero-order chi connectivity index (χ0) is 23.8. The van der Waals surface area contributed by atoms with Crippen LogP contribution in [0.15, 0.2) is 53.6 Å². The lowest BCUT2D eigenvalue weighted by molar-refractivity contribution is -0.174. The Bertz CT molecular complexity index is 1330. The van der Waals surface area contributed by atoms with Crippen LogP contribution in [0.3, 0.4) is 0 Å². The molecule has 0 fully saturated rings. The van der Waals surface area contributed by atoms with Gasteiger partial charge in [-0.1, -0.05) is 24.3 Å². The number of benzene rings is 2. The van der Waals surface area contributed by atoms with Crippen molar-refractivity contribution in [1.82, 2.24) is 10.3 Å². The molecule has 2 aromatic carbocycles. The van der Waals surface area contributed by atoms with Gasteiger partial charge in [-0.3, -0.25) is 9.52 Å². The average molecular weight is 479 g/mol. The van der Waals surface area contributed by atoms with E-state index in [1.54, 1.807) is 12.3 Å². The Morgan fingerprint density at radius 3 is 2.55 bits per heavy atom. The number of rotatable bonds is 5. The highest BCUT2D eigenvalue weighted by Gasteiger charge is 2.40. The second-order valence-electron chi connectivity index (χ2n) is 7.66. The first-order valence-electron chi connectivity index (χ1n) is 10.0. The molecule has 0 bridgehead atoms. The highest BCUT2D eigenvalue weighted by atomic mass is 32.2. The van der Waals surface area contributed by atoms with Gasteiger partial charge in [-0.05, 0) is 48.4 Å². The van der Waals surface area contributed by atoms with E-state index in [9.17, 15) is 26.4 Å². The van der Waals surface area contributed by atoms with E-state index >= 15 is 0 Å². The van der Waals surface area contributed by atoms with Crippen LogP contribution in [0.25, 0.3) is 10.8 Å². The van der Waals surface area contributed by atoms with E-state index in [4.69, 9.17) is 4.74 Å². The molecule has 1 aliphatic rings. The highest BCUT2D eigenvalue weighted by molar-refractivity contribution is 7.92. The minimum atomic E-state index is -4.99. The molecule has 2 N–H and O–H groups in total. The zero-order valence-corrected chi connectivity index (χ0v) is 18.3. The van der Waals surface area contributed by atoms with Crippen LogP contribution in [0.1, 0.15) is 17.5 Å². The number of fused-ring (bicyclic) bond motifs is 2. The van der Waals surface area contributed by atoms with E-state index in [2.05, 4.69) is 9.71 Å². The van der Waals surface area contributed by atoms with E-state index in [-0.39, 0.29) is 30.0 Å². The molecule has 33 heavy (non-hydrogen) atoms. The Morgan fingerprint density at radius 1 is 1.12 bits per heavy atom. The normalized spacial score (nSPS) is 16.2. The Kier molecular flexibility index (Phi) is 5.91. The van der Waals surface area contributed by atoms with Crippen molar-refractivity contribution in [3.8, 4) is 5.75 Å². The number of pyridine rings is 1. The van der Waals surface area contributed by atoms with Crippen molar-refractivity contribution in [3.63, 3.8) is 0 Å². The molecule has 174 valence electrons. The van der Waals surface area contributed by atoms with E-state index in [0.29, 0.717) is 16.9 Å². The molecule has 1 aliphatic carbocycles. The van der Waals surface area contributed by atoms with Crippen molar-refractivity contribution < 1.29 is 31.1 Å². The van der Waals surface area contributed by atoms with Gasteiger partial charge in [0.1, 0.15) is 11.6 Å². The summed E-state index contributed by atoms with van der Waals surface area (Å²) in [7, 11) is -2.66. The van der Waals surface area contributed by atoms with Gasteiger partial charge in [-0.15, -0.1) is 0 Å². The molecule has 4 rings (SSSR count). The number of sulfonamides is 1. The van der Waals surface area contributed by atoms with Gasteiger partial charge in [0.15, 0.2) is 0 Å². The van der Waals surface area contributed by atoms with Gasteiger partial charge in [-0.2, -0.15) is 13.2 Å². The molecule has 7 nitrogen and oxygen atoms in total. The number of hydrogen-bond acceptors (Lipinski definition) is 5. The van der Waals surface area contributed by atoms with Gasteiger partial charge in [0.05, 0.1) is 12.0 Å². The quantitative estimate of drug-likeness (QED) is 0.583. The number of halogens is 3. The fourth-order valence-corrected chi connectivity index (χ4v) is 5.27. The van der Waals surface area contributed by atoms with Gasteiger partial charge in [0.2, 0.25) is 0 Å². The molecule has 0 unspecified atom stereocenters. The van der Waals surface area contributed by atoms with Crippen LogP contribution in [0.5, 0.6) is 5.75 Å². The summed E-state index contributed by atoms with van der Waals surface area (Å²) in [5.74, 6) is -1.54. The average Bonchev–Trinajstić information content (AvgIpc) is 2.77. The standard InChI is InChI=1S/C22H20F3N3O4S/c1-32-18-8-9-19(16-7-6-15(11-17(16)18)27-21(29)22(23,24)25)33(30,31)28-20-10-13-4-2-3-5-14(13)12-26-20/h2-5,8-10,12,15H,6-7,11H2,1H3,(H,26,28)(H,27,29)/t15-/m0/s1. The number of hydrogen-bond donors (Lipinski definition) is 2. The van der Waals surface area contributed by atoms with E-state index in [1.807, 2.05) is 29.6 Å². The summed E-state index contributed by atoms with van der Waals surface area (Å²) < 4.78 is 72.1. The minimum Gasteiger partial charge on any atom is -0.496 e. The zero-order valence-electron chi connectivity index (χ0n) is 17.4. The molecule has 0 saturated heterocycles. The summed E-state index contributed by atoms with van der Waals surface area (Å²) in [5.41, 5.74) is 0.894. The predicted octanol–water partition coefficient (Wildman–Crippen LogP) is 3.58. The fourth-order valence-electron chi connectivity index (χ4n) is 3.98. The smallest absolute Gasteiger partial charge is 0.471 e. The summed E-state index contributed by atoms with van der Waals surface area (Å²) in [6.45, 7) is 0. The third kappa shape index (κ3) is 4.72. The molecule has 0 radical (unpaired) electrons. The van der Waals surface area contributed by atoms with E-state index in [0.717, 1.165) is 10.8 Å². The van der Waals surface area contributed by atoms with Gasteiger partial charge in [0.25, 0.3) is 10.0 Å². The summed E-state index contributed by atoms with van der Waals surface area (Å²) in [5, 5.41) is 3.64. The van der Waals surface area contributed by atoms with Crippen LogP contribution in [0, 0.1) is 0 Å². The molecule has 0 aliphatic heterocycles. The van der Waals surface area contributed by atoms with Crippen molar-refractivity contribution in [2.75, 3.05) is 11.8 Å². The maximum Gasteiger partial charge on any atom is 0.471 e. The number of carbonyl (C=O) groups is 1. The van der Waals surface area contributed by atoms with Crippen molar-refractivity contribution in [2.24, 2.45) is 0 Å². The molecule has 0 spiro atoms. The number of nitrogens with zero attached hydrogens (tertiary/aromatic N) is 1. The van der Waals surface area contributed by atoms with Gasteiger partial charge < -0.3 is 10.1 Å². The van der Waals surface area contributed by atoms with Crippen LogP contribution >= 0.6 is 0 Å². The molecule has 11 heteroatoms.